The van der Waals surface area contributed by atoms with Gasteiger partial charge in [-0.1, -0.05) is 18.7 Å². The summed E-state index contributed by atoms with van der Waals surface area (Å²) in [6, 6.07) is 0. The highest BCUT2D eigenvalue weighted by atomic mass is 32.2. The number of carbonyl (C=O) groups excluding carboxylic acids is 1. The molecule has 0 bridgehead atoms. The molecular weight excluding hydrogens is 252 g/mol. The minimum Gasteiger partial charge on any atom is -0.390 e. The predicted molar refractivity (Wildman–Crippen MR) is 71.2 cm³/mol. The molecule has 0 aliphatic heterocycles. The molecule has 102 valence electrons. The molecule has 0 aliphatic carbocycles. The largest absolute Gasteiger partial charge is 0.390 e. The molecule has 0 aliphatic rings. The summed E-state index contributed by atoms with van der Waals surface area (Å²) in [6.07, 6.45) is 2.86. The molecule has 6 heteroatoms. The second kappa shape index (κ2) is 7.56. The molecule has 0 spiro atoms. The van der Waals surface area contributed by atoms with E-state index in [1.165, 1.54) is 6.92 Å². The molecule has 18 heavy (non-hydrogen) atoms. The standard InChI is InChI=1S/C12H20N2O3S/c1-3-5-14-8-10(7-13-14)12(17)11(16)4-6-18-9(2)15/h7-8,11-12,16-17H,3-6H2,1-2H3. The fourth-order valence-electron chi connectivity index (χ4n) is 1.59. The predicted octanol–water partition coefficient (Wildman–Crippen LogP) is 1.36. The van der Waals surface area contributed by atoms with Crippen LogP contribution >= 0.6 is 11.8 Å². The lowest BCUT2D eigenvalue weighted by Crippen LogP contribution is -2.18. The second-order valence-electron chi connectivity index (χ2n) is 4.18. The molecule has 1 rings (SSSR count). The summed E-state index contributed by atoms with van der Waals surface area (Å²) in [5.41, 5.74) is 0.615. The maximum Gasteiger partial charge on any atom is 0.185 e. The Hall–Kier alpha value is -0.850. The summed E-state index contributed by atoms with van der Waals surface area (Å²) in [6.45, 7) is 4.33. The van der Waals surface area contributed by atoms with E-state index in [4.69, 9.17) is 0 Å². The SMILES string of the molecule is CCCn1cc(C(O)C(O)CCSC(C)=O)cn1. The third-order valence-electron chi connectivity index (χ3n) is 2.53. The molecule has 0 amide bonds. The van der Waals surface area contributed by atoms with Crippen LogP contribution in [-0.2, 0) is 11.3 Å². The van der Waals surface area contributed by atoms with Crippen LogP contribution in [0.25, 0.3) is 0 Å². The molecule has 1 heterocycles. The number of aromatic nitrogens is 2. The van der Waals surface area contributed by atoms with Gasteiger partial charge in [-0.3, -0.25) is 9.48 Å². The Bertz CT molecular complexity index is 381. The van der Waals surface area contributed by atoms with Gasteiger partial charge in [0, 0.05) is 31.0 Å². The van der Waals surface area contributed by atoms with Gasteiger partial charge in [-0.05, 0) is 12.8 Å². The molecular formula is C12H20N2O3S. The maximum atomic E-state index is 10.7. The highest BCUT2D eigenvalue weighted by Gasteiger charge is 2.19. The summed E-state index contributed by atoms with van der Waals surface area (Å²) in [4.78, 5) is 10.7. The van der Waals surface area contributed by atoms with Gasteiger partial charge in [-0.15, -0.1) is 0 Å². The van der Waals surface area contributed by atoms with Crippen molar-refractivity contribution in [1.82, 2.24) is 9.78 Å². The Balaban J connectivity index is 2.45. The van der Waals surface area contributed by atoms with Crippen molar-refractivity contribution in [2.45, 2.75) is 45.4 Å². The first-order chi connectivity index (χ1) is 8.54. The molecule has 1 aromatic heterocycles. The van der Waals surface area contributed by atoms with Gasteiger partial charge in [0.05, 0.1) is 12.3 Å². The van der Waals surface area contributed by atoms with Crippen molar-refractivity contribution in [3.8, 4) is 0 Å². The van der Waals surface area contributed by atoms with E-state index >= 15 is 0 Å². The molecule has 2 unspecified atom stereocenters. The van der Waals surface area contributed by atoms with Crippen LogP contribution in [0.15, 0.2) is 12.4 Å². The van der Waals surface area contributed by atoms with Crippen molar-refractivity contribution >= 4 is 16.9 Å². The van der Waals surface area contributed by atoms with Gasteiger partial charge >= 0.3 is 0 Å². The Morgan fingerprint density at radius 3 is 2.89 bits per heavy atom. The summed E-state index contributed by atoms with van der Waals surface area (Å²) in [5.74, 6) is 0.511. The van der Waals surface area contributed by atoms with Crippen LogP contribution in [0, 0.1) is 0 Å². The Morgan fingerprint density at radius 1 is 1.56 bits per heavy atom. The Labute approximate surface area is 111 Å². The molecule has 2 N–H and O–H groups in total. The molecule has 1 aromatic rings. The molecule has 0 radical (unpaired) electrons. The smallest absolute Gasteiger partial charge is 0.185 e. The van der Waals surface area contributed by atoms with Crippen molar-refractivity contribution in [1.29, 1.82) is 0 Å². The van der Waals surface area contributed by atoms with Crippen molar-refractivity contribution < 1.29 is 15.0 Å². The average Bonchev–Trinajstić information content (AvgIpc) is 2.76. The fraction of sp³-hybridized carbons (Fsp3) is 0.667. The molecule has 0 fully saturated rings. The van der Waals surface area contributed by atoms with Crippen molar-refractivity contribution in [3.05, 3.63) is 18.0 Å². The zero-order chi connectivity index (χ0) is 13.5. The Morgan fingerprint density at radius 2 is 2.28 bits per heavy atom. The first-order valence-electron chi connectivity index (χ1n) is 6.06. The lowest BCUT2D eigenvalue weighted by molar-refractivity contribution is -0.109. The zero-order valence-electron chi connectivity index (χ0n) is 10.7. The first kappa shape index (κ1) is 15.2. The van der Waals surface area contributed by atoms with Gasteiger partial charge in [0.15, 0.2) is 5.12 Å². The fourth-order valence-corrected chi connectivity index (χ4v) is 2.23. The monoisotopic (exact) mass is 272 g/mol. The minimum absolute atomic E-state index is 0.0208. The minimum atomic E-state index is -0.942. The van der Waals surface area contributed by atoms with Crippen molar-refractivity contribution in [3.63, 3.8) is 0 Å². The first-order valence-corrected chi connectivity index (χ1v) is 7.05. The van der Waals surface area contributed by atoms with Crippen LogP contribution in [0.4, 0.5) is 0 Å². The van der Waals surface area contributed by atoms with Gasteiger partial charge in [-0.25, -0.2) is 0 Å². The van der Waals surface area contributed by atoms with E-state index in [1.807, 2.05) is 6.92 Å². The summed E-state index contributed by atoms with van der Waals surface area (Å²) >= 11 is 1.15. The van der Waals surface area contributed by atoms with E-state index in [0.29, 0.717) is 17.7 Å². The van der Waals surface area contributed by atoms with E-state index in [0.717, 1.165) is 24.7 Å². The Kier molecular flexibility index (Phi) is 6.38. The van der Waals surface area contributed by atoms with Gasteiger partial charge in [0.1, 0.15) is 6.10 Å². The number of carbonyl (C=O) groups is 1. The van der Waals surface area contributed by atoms with Crippen LogP contribution in [0.2, 0.25) is 0 Å². The van der Waals surface area contributed by atoms with Gasteiger partial charge < -0.3 is 10.2 Å². The highest BCUT2D eigenvalue weighted by Crippen LogP contribution is 2.20. The van der Waals surface area contributed by atoms with Crippen LogP contribution in [-0.4, -0.2) is 37.0 Å². The molecule has 2 atom stereocenters. The lowest BCUT2D eigenvalue weighted by Gasteiger charge is -2.15. The van der Waals surface area contributed by atoms with Crippen LogP contribution in [0.1, 0.15) is 38.4 Å². The molecule has 5 nitrogen and oxygen atoms in total. The normalized spacial score (nSPS) is 14.4. The number of aryl methyl sites for hydroxylation is 1. The molecule has 0 saturated heterocycles. The van der Waals surface area contributed by atoms with Crippen LogP contribution in [0.3, 0.4) is 0 Å². The topological polar surface area (TPSA) is 75.3 Å². The van der Waals surface area contributed by atoms with Crippen LogP contribution < -0.4 is 0 Å². The second-order valence-corrected chi connectivity index (χ2v) is 5.45. The van der Waals surface area contributed by atoms with Gasteiger partial charge in [0.2, 0.25) is 0 Å². The number of hydrogen-bond acceptors (Lipinski definition) is 5. The number of hydrogen-bond donors (Lipinski definition) is 2. The molecule has 0 aromatic carbocycles. The van der Waals surface area contributed by atoms with Crippen molar-refractivity contribution in [2.24, 2.45) is 0 Å². The number of aliphatic hydroxyl groups is 2. The highest BCUT2D eigenvalue weighted by molar-refractivity contribution is 8.13. The number of aliphatic hydroxyl groups excluding tert-OH is 2. The zero-order valence-corrected chi connectivity index (χ0v) is 11.6. The summed E-state index contributed by atoms with van der Waals surface area (Å²) in [5, 5.41) is 23.9. The lowest BCUT2D eigenvalue weighted by atomic mass is 10.1. The van der Waals surface area contributed by atoms with Gasteiger partial charge in [-0.2, -0.15) is 5.10 Å². The van der Waals surface area contributed by atoms with Crippen LogP contribution in [0.5, 0.6) is 0 Å². The number of thioether (sulfide) groups is 1. The number of nitrogens with zero attached hydrogens (tertiary/aromatic N) is 2. The molecule has 0 saturated carbocycles. The van der Waals surface area contributed by atoms with E-state index < -0.39 is 12.2 Å². The van der Waals surface area contributed by atoms with E-state index in [2.05, 4.69) is 5.10 Å². The number of rotatable bonds is 7. The summed E-state index contributed by atoms with van der Waals surface area (Å²) in [7, 11) is 0. The van der Waals surface area contributed by atoms with E-state index in [1.54, 1.807) is 17.1 Å². The average molecular weight is 272 g/mol. The van der Waals surface area contributed by atoms with Crippen molar-refractivity contribution in [2.75, 3.05) is 5.75 Å². The van der Waals surface area contributed by atoms with E-state index in [-0.39, 0.29) is 5.12 Å². The van der Waals surface area contributed by atoms with Gasteiger partial charge in [0.25, 0.3) is 0 Å². The maximum absolute atomic E-state index is 10.7. The summed E-state index contributed by atoms with van der Waals surface area (Å²) < 4.78 is 1.75. The quantitative estimate of drug-likeness (QED) is 0.784. The third kappa shape index (κ3) is 4.80. The third-order valence-corrected chi connectivity index (χ3v) is 3.38. The van der Waals surface area contributed by atoms with E-state index in [9.17, 15) is 15.0 Å².